The highest BCUT2D eigenvalue weighted by molar-refractivity contribution is 7.07. The Morgan fingerprint density at radius 3 is 2.39 bits per heavy atom. The molecule has 0 atom stereocenters. The number of aliphatic hydroxyl groups is 1. The Kier molecular flexibility index (Phi) is 4.87. The number of aliphatic hydroxyl groups excluding tert-OH is 1. The number of nitrogens with zero attached hydrogens (tertiary/aromatic N) is 1. The molecule has 0 spiro atoms. The zero-order valence-electron chi connectivity index (χ0n) is 10.1. The molecule has 0 amide bonds. The van der Waals surface area contributed by atoms with Crippen LogP contribution in [0.1, 0.15) is 11.1 Å². The molecule has 2 aromatic rings. The van der Waals surface area contributed by atoms with Gasteiger partial charge < -0.3 is 5.11 Å². The summed E-state index contributed by atoms with van der Waals surface area (Å²) in [6.45, 7) is 2.27. The van der Waals surface area contributed by atoms with Crippen LogP contribution in [0.15, 0.2) is 41.1 Å². The van der Waals surface area contributed by atoms with Gasteiger partial charge in [-0.25, -0.2) is 4.39 Å². The van der Waals surface area contributed by atoms with E-state index >= 15 is 0 Å². The lowest BCUT2D eigenvalue weighted by molar-refractivity contribution is 0.184. The minimum absolute atomic E-state index is 0.130. The van der Waals surface area contributed by atoms with Gasteiger partial charge in [-0.2, -0.15) is 11.3 Å². The van der Waals surface area contributed by atoms with Gasteiger partial charge in [-0.1, -0.05) is 12.1 Å². The topological polar surface area (TPSA) is 23.5 Å². The van der Waals surface area contributed by atoms with Crippen molar-refractivity contribution in [2.75, 3.05) is 13.2 Å². The van der Waals surface area contributed by atoms with Gasteiger partial charge in [-0.15, -0.1) is 0 Å². The predicted octanol–water partition coefficient (Wildman–Crippen LogP) is 2.88. The average Bonchev–Trinajstić information content (AvgIpc) is 2.85. The molecule has 0 aliphatic carbocycles. The molecule has 1 aromatic carbocycles. The van der Waals surface area contributed by atoms with Crippen molar-refractivity contribution in [3.63, 3.8) is 0 Å². The van der Waals surface area contributed by atoms with Gasteiger partial charge in [-0.3, -0.25) is 4.90 Å². The van der Waals surface area contributed by atoms with Gasteiger partial charge in [0.2, 0.25) is 0 Å². The first-order valence-corrected chi connectivity index (χ1v) is 6.81. The van der Waals surface area contributed by atoms with Crippen molar-refractivity contribution in [3.8, 4) is 0 Å². The third-order valence-corrected chi connectivity index (χ3v) is 3.45. The fourth-order valence-electron chi connectivity index (χ4n) is 1.84. The minimum Gasteiger partial charge on any atom is -0.395 e. The highest BCUT2D eigenvalue weighted by Crippen LogP contribution is 2.12. The second-order valence-corrected chi connectivity index (χ2v) is 4.97. The quantitative estimate of drug-likeness (QED) is 0.868. The number of benzene rings is 1. The van der Waals surface area contributed by atoms with Crippen molar-refractivity contribution >= 4 is 11.3 Å². The summed E-state index contributed by atoms with van der Waals surface area (Å²) in [6.07, 6.45) is 0. The van der Waals surface area contributed by atoms with Crippen LogP contribution in [0, 0.1) is 5.82 Å². The van der Waals surface area contributed by atoms with Crippen molar-refractivity contribution in [2.45, 2.75) is 13.1 Å². The third-order valence-electron chi connectivity index (χ3n) is 2.72. The van der Waals surface area contributed by atoms with E-state index in [4.69, 9.17) is 5.11 Å². The van der Waals surface area contributed by atoms with E-state index in [-0.39, 0.29) is 12.4 Å². The fraction of sp³-hybridized carbons (Fsp3) is 0.286. The van der Waals surface area contributed by atoms with Gasteiger partial charge in [-0.05, 0) is 40.1 Å². The number of rotatable bonds is 6. The molecule has 0 unspecified atom stereocenters. The molecule has 96 valence electrons. The standard InChI is InChI=1S/C14H16FNOS/c15-14-3-1-12(2-4-14)9-16(6-7-17)10-13-5-8-18-11-13/h1-5,8,11,17H,6-7,9-10H2. The van der Waals surface area contributed by atoms with Crippen molar-refractivity contribution < 1.29 is 9.50 Å². The Hall–Kier alpha value is -1.23. The Labute approximate surface area is 110 Å². The largest absolute Gasteiger partial charge is 0.395 e. The van der Waals surface area contributed by atoms with Crippen molar-refractivity contribution in [1.82, 2.24) is 4.90 Å². The summed E-state index contributed by atoms with van der Waals surface area (Å²) in [5, 5.41) is 13.2. The molecule has 4 heteroatoms. The van der Waals surface area contributed by atoms with E-state index in [9.17, 15) is 4.39 Å². The van der Waals surface area contributed by atoms with Crippen LogP contribution in [0.2, 0.25) is 0 Å². The van der Waals surface area contributed by atoms with Crippen molar-refractivity contribution in [2.24, 2.45) is 0 Å². The number of hydrogen-bond donors (Lipinski definition) is 1. The van der Waals surface area contributed by atoms with Crippen molar-refractivity contribution in [3.05, 3.63) is 58.0 Å². The van der Waals surface area contributed by atoms with Crippen LogP contribution in [0.25, 0.3) is 0 Å². The van der Waals surface area contributed by atoms with Crippen molar-refractivity contribution in [1.29, 1.82) is 0 Å². The summed E-state index contributed by atoms with van der Waals surface area (Å²) in [5.74, 6) is -0.217. The summed E-state index contributed by atoms with van der Waals surface area (Å²) in [6, 6.07) is 8.59. The first-order chi connectivity index (χ1) is 8.78. The van der Waals surface area contributed by atoms with Crippen LogP contribution < -0.4 is 0 Å². The van der Waals surface area contributed by atoms with Crippen LogP contribution in [0.4, 0.5) is 4.39 Å². The van der Waals surface area contributed by atoms with E-state index < -0.39 is 0 Å². The van der Waals surface area contributed by atoms with Crippen LogP contribution in [0.5, 0.6) is 0 Å². The molecule has 1 heterocycles. The molecule has 0 aliphatic heterocycles. The minimum atomic E-state index is -0.217. The number of hydrogen-bond acceptors (Lipinski definition) is 3. The lowest BCUT2D eigenvalue weighted by Gasteiger charge is -2.20. The van der Waals surface area contributed by atoms with E-state index in [1.165, 1.54) is 17.7 Å². The number of halogens is 1. The van der Waals surface area contributed by atoms with E-state index in [1.54, 1.807) is 23.5 Å². The molecular weight excluding hydrogens is 249 g/mol. The van der Waals surface area contributed by atoms with Gasteiger partial charge >= 0.3 is 0 Å². The van der Waals surface area contributed by atoms with Gasteiger partial charge in [0.1, 0.15) is 5.82 Å². The molecule has 18 heavy (non-hydrogen) atoms. The first kappa shape index (κ1) is 13.2. The van der Waals surface area contributed by atoms with Gasteiger partial charge in [0.05, 0.1) is 6.61 Å². The van der Waals surface area contributed by atoms with E-state index in [1.807, 2.05) is 5.38 Å². The fourth-order valence-corrected chi connectivity index (χ4v) is 2.50. The monoisotopic (exact) mass is 265 g/mol. The summed E-state index contributed by atoms with van der Waals surface area (Å²) in [5.41, 5.74) is 2.30. The Morgan fingerprint density at radius 1 is 1.06 bits per heavy atom. The summed E-state index contributed by atoms with van der Waals surface area (Å²) < 4.78 is 12.8. The Morgan fingerprint density at radius 2 is 1.78 bits per heavy atom. The molecule has 0 saturated heterocycles. The molecule has 2 rings (SSSR count). The normalized spacial score (nSPS) is 11.1. The van der Waals surface area contributed by atoms with Gasteiger partial charge in [0.25, 0.3) is 0 Å². The molecular formula is C14H16FNOS. The molecule has 1 aromatic heterocycles. The summed E-state index contributed by atoms with van der Waals surface area (Å²) in [7, 11) is 0. The van der Waals surface area contributed by atoms with Crippen LogP contribution in [0.3, 0.4) is 0 Å². The highest BCUT2D eigenvalue weighted by atomic mass is 32.1. The SMILES string of the molecule is OCCN(Cc1ccc(F)cc1)Cc1ccsc1. The lowest BCUT2D eigenvalue weighted by Crippen LogP contribution is -2.25. The maximum Gasteiger partial charge on any atom is 0.123 e. The number of thiophene rings is 1. The second kappa shape index (κ2) is 6.64. The maximum atomic E-state index is 12.8. The van der Waals surface area contributed by atoms with Gasteiger partial charge in [0, 0.05) is 19.6 Å². The lowest BCUT2D eigenvalue weighted by atomic mass is 10.2. The molecule has 2 nitrogen and oxygen atoms in total. The second-order valence-electron chi connectivity index (χ2n) is 4.19. The van der Waals surface area contributed by atoms with Gasteiger partial charge in [0.15, 0.2) is 0 Å². The van der Waals surface area contributed by atoms with Crippen LogP contribution in [-0.2, 0) is 13.1 Å². The smallest absolute Gasteiger partial charge is 0.123 e. The van der Waals surface area contributed by atoms with E-state index in [2.05, 4.69) is 16.3 Å². The maximum absolute atomic E-state index is 12.8. The summed E-state index contributed by atoms with van der Waals surface area (Å²) in [4.78, 5) is 2.15. The zero-order valence-corrected chi connectivity index (χ0v) is 10.9. The molecule has 0 saturated carbocycles. The Balaban J connectivity index is 1.99. The summed E-state index contributed by atoms with van der Waals surface area (Å²) >= 11 is 1.67. The molecule has 0 bridgehead atoms. The third kappa shape index (κ3) is 3.91. The predicted molar refractivity (Wildman–Crippen MR) is 71.9 cm³/mol. The first-order valence-electron chi connectivity index (χ1n) is 5.86. The zero-order chi connectivity index (χ0) is 12.8. The molecule has 0 radical (unpaired) electrons. The molecule has 0 fully saturated rings. The van der Waals surface area contributed by atoms with Crippen LogP contribution >= 0.6 is 11.3 Å². The van der Waals surface area contributed by atoms with E-state index in [0.29, 0.717) is 6.54 Å². The highest BCUT2D eigenvalue weighted by Gasteiger charge is 2.07. The molecule has 0 aliphatic rings. The van der Waals surface area contributed by atoms with E-state index in [0.717, 1.165) is 18.7 Å². The average molecular weight is 265 g/mol. The molecule has 1 N–H and O–H groups in total. The van der Waals surface area contributed by atoms with Crippen LogP contribution in [-0.4, -0.2) is 23.2 Å². The Bertz CT molecular complexity index is 455.